The van der Waals surface area contributed by atoms with Gasteiger partial charge >= 0.3 is 6.18 Å². The van der Waals surface area contributed by atoms with Crippen LogP contribution >= 0.6 is 0 Å². The average molecular weight is 531 g/mol. The first-order chi connectivity index (χ1) is 17.0. The number of rotatable bonds is 8. The molecule has 2 aliphatic rings. The Morgan fingerprint density at radius 1 is 1.08 bits per heavy atom. The van der Waals surface area contributed by atoms with Gasteiger partial charge in [-0.15, -0.1) is 0 Å². The molecule has 1 N–H and O–H groups in total. The first-order valence-corrected chi connectivity index (χ1v) is 13.3. The van der Waals surface area contributed by atoms with Gasteiger partial charge in [0.15, 0.2) is 0 Å². The molecule has 196 valence electrons. The Labute approximate surface area is 208 Å². The molecule has 0 spiro atoms. The molecule has 1 aliphatic heterocycles. The van der Waals surface area contributed by atoms with Gasteiger partial charge in [-0.1, -0.05) is 6.07 Å². The Balaban J connectivity index is 1.32. The predicted molar refractivity (Wildman–Crippen MR) is 125 cm³/mol. The number of likely N-dealkylation sites (tertiary alicyclic amines) is 1. The maximum atomic E-state index is 14.6. The van der Waals surface area contributed by atoms with Crippen LogP contribution in [0.2, 0.25) is 0 Å². The molecule has 0 radical (unpaired) electrons. The fourth-order valence-electron chi connectivity index (χ4n) is 4.43. The molecule has 2 fully saturated rings. The number of alkyl halides is 3. The number of amides is 1. The molecule has 2 aromatic rings. The van der Waals surface area contributed by atoms with Gasteiger partial charge in [-0.05, 0) is 79.9 Å². The van der Waals surface area contributed by atoms with Crippen molar-refractivity contribution < 1.29 is 35.7 Å². The Morgan fingerprint density at radius 2 is 1.78 bits per heavy atom. The van der Waals surface area contributed by atoms with Gasteiger partial charge in [0, 0.05) is 18.9 Å². The van der Waals surface area contributed by atoms with Gasteiger partial charge < -0.3 is 4.74 Å². The molecule has 0 bridgehead atoms. The second-order valence-electron chi connectivity index (χ2n) is 9.37. The molecule has 36 heavy (non-hydrogen) atoms. The molecule has 5 nitrogen and oxygen atoms in total. The quantitative estimate of drug-likeness (QED) is 0.479. The molecule has 1 unspecified atom stereocenters. The van der Waals surface area contributed by atoms with Crippen LogP contribution in [0.1, 0.15) is 58.6 Å². The number of carbonyl (C=O) groups is 1. The van der Waals surface area contributed by atoms with Crippen molar-refractivity contribution in [3.8, 4) is 5.75 Å². The van der Waals surface area contributed by atoms with Crippen molar-refractivity contribution in [2.75, 3.05) is 26.0 Å². The number of hydrogen-bond donors (Lipinski definition) is 1. The zero-order valence-corrected chi connectivity index (χ0v) is 20.5. The number of hydrogen-bond acceptors (Lipinski definition) is 4. The molecule has 2 aromatic carbocycles. The summed E-state index contributed by atoms with van der Waals surface area (Å²) in [5.41, 5.74) is -0.174. The smallest absolute Gasteiger partial charge is 0.419 e. The lowest BCUT2D eigenvalue weighted by Gasteiger charge is -2.32. The lowest BCUT2D eigenvalue weighted by Crippen LogP contribution is -2.35. The average Bonchev–Trinajstić information content (AvgIpc) is 3.62. The van der Waals surface area contributed by atoms with Crippen LogP contribution in [0.4, 0.5) is 22.0 Å². The number of ether oxygens (including phenoxy) is 1. The van der Waals surface area contributed by atoms with Crippen LogP contribution in [0.25, 0.3) is 0 Å². The molecule has 1 saturated carbocycles. The van der Waals surface area contributed by atoms with Crippen LogP contribution < -0.4 is 9.46 Å². The number of nitrogens with zero attached hydrogens (tertiary/aromatic N) is 1. The summed E-state index contributed by atoms with van der Waals surface area (Å²) in [6.07, 6.45) is -0.0360. The summed E-state index contributed by atoms with van der Waals surface area (Å²) in [4.78, 5) is 14.2. The van der Waals surface area contributed by atoms with Crippen molar-refractivity contribution in [3.63, 3.8) is 0 Å². The van der Waals surface area contributed by atoms with Crippen LogP contribution in [0.5, 0.6) is 5.75 Å². The van der Waals surface area contributed by atoms with Gasteiger partial charge in [0.1, 0.15) is 28.4 Å². The Hall–Kier alpha value is -2.53. The maximum Gasteiger partial charge on any atom is 0.419 e. The standard InChI is InChI=1S/C25H27F5N2O3S/c1-36(34)31-24(33)19-11-18(17-3-4-17)23(12-21(19)26)35-14-15-6-8-32(9-7-15)13-16-2-5-20(22(27)10-16)25(28,29)30/h2,5,10-12,15,17H,3-4,6-9,13-14H2,1H3,(H,31,33). The largest absolute Gasteiger partial charge is 0.493 e. The fraction of sp³-hybridized carbons (Fsp3) is 0.480. The molecule has 0 aromatic heterocycles. The van der Waals surface area contributed by atoms with E-state index in [0.29, 0.717) is 37.6 Å². The molecular weight excluding hydrogens is 503 g/mol. The van der Waals surface area contributed by atoms with Crippen molar-refractivity contribution in [1.29, 1.82) is 0 Å². The van der Waals surface area contributed by atoms with E-state index in [2.05, 4.69) is 9.62 Å². The number of piperidine rings is 1. The van der Waals surface area contributed by atoms with Crippen LogP contribution in [-0.4, -0.2) is 41.0 Å². The number of halogens is 5. The van der Waals surface area contributed by atoms with E-state index in [1.54, 1.807) is 0 Å². The summed E-state index contributed by atoms with van der Waals surface area (Å²) in [7, 11) is -1.61. The van der Waals surface area contributed by atoms with Crippen LogP contribution in [-0.2, 0) is 23.7 Å². The van der Waals surface area contributed by atoms with Gasteiger partial charge in [0.25, 0.3) is 5.91 Å². The van der Waals surface area contributed by atoms with E-state index >= 15 is 0 Å². The second-order valence-corrected chi connectivity index (χ2v) is 10.5. The summed E-state index contributed by atoms with van der Waals surface area (Å²) in [5, 5.41) is 0. The van der Waals surface area contributed by atoms with E-state index < -0.39 is 40.3 Å². The van der Waals surface area contributed by atoms with Crippen molar-refractivity contribution in [2.45, 2.75) is 44.3 Å². The second kappa shape index (κ2) is 10.8. The summed E-state index contributed by atoms with van der Waals surface area (Å²) in [5.74, 6) is -1.94. The Bertz CT molecular complexity index is 1150. The van der Waals surface area contributed by atoms with Gasteiger partial charge in [0.2, 0.25) is 0 Å². The normalized spacial score (nSPS) is 18.2. The SMILES string of the molecule is CS(=O)NC(=O)c1cc(C2CC2)c(OCC2CCN(Cc3ccc(C(F)(F)F)c(F)c3)CC2)cc1F. The van der Waals surface area contributed by atoms with E-state index in [0.717, 1.165) is 43.4 Å². The minimum atomic E-state index is -4.72. The summed E-state index contributed by atoms with van der Waals surface area (Å²) in [6, 6.07) is 5.72. The van der Waals surface area contributed by atoms with E-state index in [-0.39, 0.29) is 17.4 Å². The summed E-state index contributed by atoms with van der Waals surface area (Å²) < 4.78 is 86.2. The van der Waals surface area contributed by atoms with Gasteiger partial charge in [-0.2, -0.15) is 13.2 Å². The molecule has 1 heterocycles. The van der Waals surface area contributed by atoms with Crippen molar-refractivity contribution in [2.24, 2.45) is 5.92 Å². The Kier molecular flexibility index (Phi) is 7.99. The van der Waals surface area contributed by atoms with Crippen LogP contribution in [0, 0.1) is 17.6 Å². The minimum absolute atomic E-state index is 0.160. The third kappa shape index (κ3) is 6.61. The minimum Gasteiger partial charge on any atom is -0.493 e. The zero-order chi connectivity index (χ0) is 26.0. The molecule has 11 heteroatoms. The number of carbonyl (C=O) groups excluding carboxylic acids is 1. The van der Waals surface area contributed by atoms with Gasteiger partial charge in [-0.25, -0.2) is 13.0 Å². The van der Waals surface area contributed by atoms with E-state index in [4.69, 9.17) is 4.74 Å². The highest BCUT2D eigenvalue weighted by Crippen LogP contribution is 2.45. The molecule has 1 amide bonds. The highest BCUT2D eigenvalue weighted by atomic mass is 32.2. The summed E-state index contributed by atoms with van der Waals surface area (Å²) in [6.45, 7) is 2.07. The van der Waals surface area contributed by atoms with Crippen LogP contribution in [0.15, 0.2) is 30.3 Å². The zero-order valence-electron chi connectivity index (χ0n) is 19.7. The molecule has 1 atom stereocenters. The molecular formula is C25H27F5N2O3S. The van der Waals surface area contributed by atoms with Crippen LogP contribution in [0.3, 0.4) is 0 Å². The number of benzene rings is 2. The van der Waals surface area contributed by atoms with E-state index in [1.165, 1.54) is 24.5 Å². The maximum absolute atomic E-state index is 14.6. The van der Waals surface area contributed by atoms with Crippen molar-refractivity contribution in [1.82, 2.24) is 9.62 Å². The topological polar surface area (TPSA) is 58.6 Å². The monoisotopic (exact) mass is 530 g/mol. The van der Waals surface area contributed by atoms with Gasteiger partial charge in [0.05, 0.1) is 17.7 Å². The first-order valence-electron chi connectivity index (χ1n) is 11.7. The van der Waals surface area contributed by atoms with E-state index in [1.807, 2.05) is 0 Å². The third-order valence-corrected chi connectivity index (χ3v) is 7.00. The highest BCUT2D eigenvalue weighted by Gasteiger charge is 2.34. The lowest BCUT2D eigenvalue weighted by molar-refractivity contribution is -0.140. The Morgan fingerprint density at radius 3 is 2.36 bits per heavy atom. The fourth-order valence-corrected chi connectivity index (χ4v) is 4.80. The molecule has 1 saturated heterocycles. The lowest BCUT2D eigenvalue weighted by atomic mass is 9.97. The summed E-state index contributed by atoms with van der Waals surface area (Å²) >= 11 is 0. The predicted octanol–water partition coefficient (Wildman–Crippen LogP) is 5.18. The molecule has 1 aliphatic carbocycles. The molecule has 4 rings (SSSR count). The highest BCUT2D eigenvalue weighted by molar-refractivity contribution is 7.82. The number of nitrogens with one attached hydrogen (secondary N) is 1. The first kappa shape index (κ1) is 26.5. The van der Waals surface area contributed by atoms with Crippen molar-refractivity contribution >= 4 is 16.9 Å². The third-order valence-electron chi connectivity index (χ3n) is 6.52. The van der Waals surface area contributed by atoms with E-state index in [9.17, 15) is 31.0 Å². The van der Waals surface area contributed by atoms with Crippen molar-refractivity contribution in [3.05, 3.63) is 64.2 Å². The van der Waals surface area contributed by atoms with Gasteiger partial charge in [-0.3, -0.25) is 14.4 Å².